The highest BCUT2D eigenvalue weighted by Gasteiger charge is 2.13. The second-order valence-electron chi connectivity index (χ2n) is 3.35. The molecule has 80 valence electrons. The molecule has 0 atom stereocenters. The van der Waals surface area contributed by atoms with Crippen LogP contribution in [0.1, 0.15) is 11.5 Å². The number of aryl methyl sites for hydroxylation is 1. The summed E-state index contributed by atoms with van der Waals surface area (Å²) in [5.41, 5.74) is 7.82. The van der Waals surface area contributed by atoms with Gasteiger partial charge in [0.1, 0.15) is 5.82 Å². The van der Waals surface area contributed by atoms with Crippen LogP contribution in [0.3, 0.4) is 0 Å². The SMILES string of the molecule is Cc1nc(CN)n(C)c1-c1cc(Br)cs1. The van der Waals surface area contributed by atoms with Gasteiger partial charge in [0.2, 0.25) is 0 Å². The quantitative estimate of drug-likeness (QED) is 0.922. The largest absolute Gasteiger partial charge is 0.329 e. The van der Waals surface area contributed by atoms with Gasteiger partial charge in [-0.25, -0.2) is 4.98 Å². The van der Waals surface area contributed by atoms with E-state index in [0.717, 1.165) is 21.7 Å². The van der Waals surface area contributed by atoms with Crippen molar-refractivity contribution in [3.63, 3.8) is 0 Å². The Hall–Kier alpha value is -0.650. The van der Waals surface area contributed by atoms with Crippen molar-refractivity contribution in [1.82, 2.24) is 9.55 Å². The first kappa shape index (κ1) is 10.9. The third-order valence-corrected chi connectivity index (χ3v) is 4.04. The topological polar surface area (TPSA) is 43.8 Å². The van der Waals surface area contributed by atoms with E-state index in [2.05, 4.69) is 36.9 Å². The van der Waals surface area contributed by atoms with Crippen LogP contribution in [0.15, 0.2) is 15.9 Å². The lowest BCUT2D eigenvalue weighted by atomic mass is 10.3. The smallest absolute Gasteiger partial charge is 0.123 e. The molecule has 0 fully saturated rings. The molecule has 0 aliphatic rings. The number of halogens is 1. The number of rotatable bonds is 2. The summed E-state index contributed by atoms with van der Waals surface area (Å²) in [6.07, 6.45) is 0. The zero-order valence-corrected chi connectivity index (χ0v) is 11.0. The lowest BCUT2D eigenvalue weighted by Crippen LogP contribution is -2.05. The molecule has 0 aromatic carbocycles. The summed E-state index contributed by atoms with van der Waals surface area (Å²) in [6.45, 7) is 2.49. The molecule has 2 heterocycles. The van der Waals surface area contributed by atoms with Crippen molar-refractivity contribution in [2.45, 2.75) is 13.5 Å². The second kappa shape index (κ2) is 4.08. The van der Waals surface area contributed by atoms with Crippen molar-refractivity contribution in [3.8, 4) is 10.6 Å². The van der Waals surface area contributed by atoms with Crippen LogP contribution < -0.4 is 5.73 Å². The highest BCUT2D eigenvalue weighted by atomic mass is 79.9. The van der Waals surface area contributed by atoms with Crippen LogP contribution in [-0.4, -0.2) is 9.55 Å². The highest BCUT2D eigenvalue weighted by molar-refractivity contribution is 9.10. The second-order valence-corrected chi connectivity index (χ2v) is 5.18. The predicted octanol–water partition coefficient (Wildman–Crippen LogP) is 2.68. The van der Waals surface area contributed by atoms with Crippen LogP contribution in [0.5, 0.6) is 0 Å². The maximum atomic E-state index is 5.63. The molecule has 0 spiro atoms. The van der Waals surface area contributed by atoms with E-state index < -0.39 is 0 Å². The minimum Gasteiger partial charge on any atom is -0.329 e. The zero-order valence-electron chi connectivity index (χ0n) is 8.62. The average Bonchev–Trinajstić information content (AvgIpc) is 2.71. The van der Waals surface area contributed by atoms with Crippen LogP contribution in [-0.2, 0) is 13.6 Å². The number of nitrogens with zero attached hydrogens (tertiary/aromatic N) is 2. The molecule has 0 saturated carbocycles. The standard InChI is InChI=1S/C10H12BrN3S/c1-6-10(8-3-7(11)5-15-8)14(2)9(4-12)13-6/h3,5H,4,12H2,1-2H3. The van der Waals surface area contributed by atoms with Crippen LogP contribution in [0, 0.1) is 6.92 Å². The van der Waals surface area contributed by atoms with Crippen LogP contribution in [0.25, 0.3) is 10.6 Å². The van der Waals surface area contributed by atoms with Gasteiger partial charge in [-0.2, -0.15) is 0 Å². The molecule has 0 bridgehead atoms. The van der Waals surface area contributed by atoms with Gasteiger partial charge in [-0.15, -0.1) is 11.3 Å². The van der Waals surface area contributed by atoms with E-state index in [1.807, 2.05) is 14.0 Å². The fraction of sp³-hybridized carbons (Fsp3) is 0.300. The monoisotopic (exact) mass is 285 g/mol. The van der Waals surface area contributed by atoms with Crippen molar-refractivity contribution in [3.05, 3.63) is 27.4 Å². The van der Waals surface area contributed by atoms with E-state index in [4.69, 9.17) is 5.73 Å². The molecule has 0 saturated heterocycles. The molecule has 2 aromatic heterocycles. The molecular formula is C10H12BrN3S. The third-order valence-electron chi connectivity index (χ3n) is 2.35. The van der Waals surface area contributed by atoms with E-state index in [-0.39, 0.29) is 0 Å². The lowest BCUT2D eigenvalue weighted by Gasteiger charge is -2.02. The number of hydrogen-bond donors (Lipinski definition) is 1. The van der Waals surface area contributed by atoms with Crippen molar-refractivity contribution in [2.75, 3.05) is 0 Å². The molecule has 3 nitrogen and oxygen atoms in total. The fourth-order valence-corrected chi connectivity index (χ4v) is 3.22. The van der Waals surface area contributed by atoms with Crippen LogP contribution >= 0.6 is 27.3 Å². The Balaban J connectivity index is 2.57. The molecule has 0 aliphatic carbocycles. The van der Waals surface area contributed by atoms with Gasteiger partial charge in [-0.05, 0) is 28.9 Å². The number of imidazole rings is 1. The molecule has 0 unspecified atom stereocenters. The first-order valence-electron chi connectivity index (χ1n) is 4.60. The maximum absolute atomic E-state index is 5.63. The van der Waals surface area contributed by atoms with Crippen molar-refractivity contribution in [2.24, 2.45) is 12.8 Å². The molecule has 15 heavy (non-hydrogen) atoms. The minimum absolute atomic E-state index is 0.476. The van der Waals surface area contributed by atoms with Crippen LogP contribution in [0.2, 0.25) is 0 Å². The first-order valence-corrected chi connectivity index (χ1v) is 6.27. The summed E-state index contributed by atoms with van der Waals surface area (Å²) in [5, 5.41) is 2.07. The number of nitrogens with two attached hydrogens (primary N) is 1. The summed E-state index contributed by atoms with van der Waals surface area (Å²) in [5.74, 6) is 0.923. The highest BCUT2D eigenvalue weighted by Crippen LogP contribution is 2.32. The van der Waals surface area contributed by atoms with E-state index in [1.165, 1.54) is 4.88 Å². The van der Waals surface area contributed by atoms with Gasteiger partial charge >= 0.3 is 0 Å². The Morgan fingerprint density at radius 2 is 2.33 bits per heavy atom. The minimum atomic E-state index is 0.476. The van der Waals surface area contributed by atoms with Crippen LogP contribution in [0.4, 0.5) is 0 Å². The van der Waals surface area contributed by atoms with Gasteiger partial charge in [0.15, 0.2) is 0 Å². The van der Waals surface area contributed by atoms with Crippen molar-refractivity contribution < 1.29 is 0 Å². The molecule has 2 rings (SSSR count). The summed E-state index contributed by atoms with van der Waals surface area (Å²) in [6, 6.07) is 2.11. The van der Waals surface area contributed by atoms with Gasteiger partial charge in [-0.1, -0.05) is 0 Å². The van der Waals surface area contributed by atoms with E-state index in [1.54, 1.807) is 11.3 Å². The molecule has 2 aromatic rings. The van der Waals surface area contributed by atoms with Crippen molar-refractivity contribution >= 4 is 27.3 Å². The molecule has 5 heteroatoms. The lowest BCUT2D eigenvalue weighted by molar-refractivity contribution is 0.799. The van der Waals surface area contributed by atoms with E-state index in [9.17, 15) is 0 Å². The molecule has 2 N–H and O–H groups in total. The number of thiophene rings is 1. The predicted molar refractivity (Wildman–Crippen MR) is 66.8 cm³/mol. The molecule has 0 aliphatic heterocycles. The normalized spacial score (nSPS) is 10.9. The van der Waals surface area contributed by atoms with Gasteiger partial charge in [-0.3, -0.25) is 0 Å². The number of hydrogen-bond acceptors (Lipinski definition) is 3. The summed E-state index contributed by atoms with van der Waals surface area (Å²) < 4.78 is 3.17. The van der Waals surface area contributed by atoms with E-state index in [0.29, 0.717) is 6.54 Å². The maximum Gasteiger partial charge on any atom is 0.123 e. The van der Waals surface area contributed by atoms with Gasteiger partial charge in [0, 0.05) is 16.9 Å². The Labute approximate surface area is 101 Å². The van der Waals surface area contributed by atoms with Gasteiger partial charge in [0.25, 0.3) is 0 Å². The van der Waals surface area contributed by atoms with Gasteiger partial charge in [0.05, 0.1) is 22.8 Å². The number of aromatic nitrogens is 2. The van der Waals surface area contributed by atoms with Gasteiger partial charge < -0.3 is 10.3 Å². The third kappa shape index (κ3) is 1.87. The Bertz CT molecular complexity index is 487. The summed E-state index contributed by atoms with van der Waals surface area (Å²) in [7, 11) is 2.01. The fourth-order valence-electron chi connectivity index (χ4n) is 1.66. The van der Waals surface area contributed by atoms with E-state index >= 15 is 0 Å². The van der Waals surface area contributed by atoms with Crippen molar-refractivity contribution in [1.29, 1.82) is 0 Å². The summed E-state index contributed by atoms with van der Waals surface area (Å²) >= 11 is 5.16. The Morgan fingerprint density at radius 1 is 1.60 bits per heavy atom. The molecule has 0 amide bonds. The Morgan fingerprint density at radius 3 is 2.80 bits per heavy atom. The zero-order chi connectivity index (χ0) is 11.0. The Kier molecular flexibility index (Phi) is 2.95. The molecular weight excluding hydrogens is 274 g/mol. The first-order chi connectivity index (χ1) is 7.13. The summed E-state index contributed by atoms with van der Waals surface area (Å²) in [4.78, 5) is 5.66. The average molecular weight is 286 g/mol. The molecule has 0 radical (unpaired) electrons.